The zero-order valence-electron chi connectivity index (χ0n) is 14.2. The number of hydrogen-bond acceptors (Lipinski definition) is 5. The van der Waals surface area contributed by atoms with Gasteiger partial charge in [0.2, 0.25) is 10.0 Å². The number of nitrogens with one attached hydrogen (secondary N) is 1. The first-order valence-corrected chi connectivity index (χ1v) is 9.23. The molecule has 0 spiro atoms. The van der Waals surface area contributed by atoms with Crippen LogP contribution < -0.4 is 10.7 Å². The van der Waals surface area contributed by atoms with E-state index in [4.69, 9.17) is 5.14 Å². The minimum absolute atomic E-state index is 0.0176. The molecule has 0 amide bonds. The summed E-state index contributed by atoms with van der Waals surface area (Å²) < 4.78 is 23.9. The molecular formula is C17H17N5O3S. The molecule has 0 aliphatic heterocycles. The second-order valence-corrected chi connectivity index (χ2v) is 7.36. The Morgan fingerprint density at radius 2 is 1.58 bits per heavy atom. The number of sulfonamides is 1. The molecule has 1 aromatic heterocycles. The van der Waals surface area contributed by atoms with Crippen molar-refractivity contribution < 1.29 is 8.42 Å². The van der Waals surface area contributed by atoms with Crippen molar-refractivity contribution in [1.29, 1.82) is 0 Å². The lowest BCUT2D eigenvalue weighted by Gasteiger charge is -2.01. The summed E-state index contributed by atoms with van der Waals surface area (Å²) in [4.78, 5) is 12.5. The maximum atomic E-state index is 12.6. The Labute approximate surface area is 150 Å². The summed E-state index contributed by atoms with van der Waals surface area (Å²) in [5.74, 6) is 0. The number of aryl methyl sites for hydroxylation is 2. The van der Waals surface area contributed by atoms with E-state index in [1.165, 1.54) is 28.9 Å². The van der Waals surface area contributed by atoms with Gasteiger partial charge in [0.05, 0.1) is 22.0 Å². The molecule has 8 nitrogen and oxygen atoms in total. The summed E-state index contributed by atoms with van der Waals surface area (Å²) >= 11 is 0. The van der Waals surface area contributed by atoms with Gasteiger partial charge in [0.1, 0.15) is 0 Å². The number of nitrogens with two attached hydrogens (primary N) is 1. The fraction of sp³-hybridized carbons (Fsp3) is 0.118. The third-order valence-corrected chi connectivity index (χ3v) is 4.69. The average molecular weight is 371 g/mol. The number of aromatic amines is 1. The van der Waals surface area contributed by atoms with Crippen molar-refractivity contribution in [2.75, 3.05) is 0 Å². The van der Waals surface area contributed by atoms with Crippen LogP contribution in [0.15, 0.2) is 68.4 Å². The van der Waals surface area contributed by atoms with Gasteiger partial charge < -0.3 is 0 Å². The van der Waals surface area contributed by atoms with Crippen molar-refractivity contribution in [3.63, 3.8) is 0 Å². The number of primary sulfonamides is 1. The lowest BCUT2D eigenvalue weighted by molar-refractivity contribution is 0.598. The predicted molar refractivity (Wildman–Crippen MR) is 97.9 cm³/mol. The van der Waals surface area contributed by atoms with Crippen LogP contribution in [0.25, 0.3) is 5.69 Å². The highest BCUT2D eigenvalue weighted by Gasteiger charge is 2.12. The first-order valence-electron chi connectivity index (χ1n) is 7.69. The van der Waals surface area contributed by atoms with Gasteiger partial charge in [-0.2, -0.15) is 5.11 Å². The Balaban J connectivity index is 1.92. The molecule has 134 valence electrons. The minimum Gasteiger partial charge on any atom is -0.293 e. The van der Waals surface area contributed by atoms with Crippen LogP contribution in [0.1, 0.15) is 11.3 Å². The van der Waals surface area contributed by atoms with Crippen molar-refractivity contribution in [2.24, 2.45) is 15.4 Å². The van der Waals surface area contributed by atoms with Crippen LogP contribution in [-0.2, 0) is 10.0 Å². The quantitative estimate of drug-likeness (QED) is 0.685. The maximum Gasteiger partial charge on any atom is 0.299 e. The van der Waals surface area contributed by atoms with Gasteiger partial charge in [-0.1, -0.05) is 17.7 Å². The molecule has 0 fully saturated rings. The van der Waals surface area contributed by atoms with Crippen LogP contribution in [0.4, 0.5) is 11.4 Å². The van der Waals surface area contributed by atoms with Gasteiger partial charge >= 0.3 is 0 Å². The number of azo groups is 1. The topological polar surface area (TPSA) is 123 Å². The van der Waals surface area contributed by atoms with E-state index >= 15 is 0 Å². The van der Waals surface area contributed by atoms with E-state index in [1.54, 1.807) is 6.92 Å². The third kappa shape index (κ3) is 3.63. The Kier molecular flexibility index (Phi) is 4.58. The molecule has 0 aliphatic carbocycles. The van der Waals surface area contributed by atoms with E-state index in [-0.39, 0.29) is 16.1 Å². The van der Waals surface area contributed by atoms with Crippen LogP contribution in [0.5, 0.6) is 0 Å². The number of benzene rings is 2. The normalized spacial score (nSPS) is 12.0. The van der Waals surface area contributed by atoms with E-state index < -0.39 is 10.0 Å². The third-order valence-electron chi connectivity index (χ3n) is 3.76. The number of H-pyrrole nitrogens is 1. The second-order valence-electron chi connectivity index (χ2n) is 5.80. The summed E-state index contributed by atoms with van der Waals surface area (Å²) in [7, 11) is -3.76. The summed E-state index contributed by atoms with van der Waals surface area (Å²) in [5.41, 5.74) is 2.62. The Bertz CT molecular complexity index is 1120. The molecule has 3 N–H and O–H groups in total. The largest absolute Gasteiger partial charge is 0.299 e. The van der Waals surface area contributed by atoms with Crippen molar-refractivity contribution in [3.8, 4) is 5.69 Å². The number of rotatable bonds is 4. The zero-order chi connectivity index (χ0) is 18.9. The Hall–Kier alpha value is -3.04. The maximum absolute atomic E-state index is 12.6. The van der Waals surface area contributed by atoms with Gasteiger partial charge in [-0.05, 0) is 50.2 Å². The average Bonchev–Trinajstić information content (AvgIpc) is 2.88. The lowest BCUT2D eigenvalue weighted by atomic mass is 10.2. The predicted octanol–water partition coefficient (Wildman–Crippen LogP) is 2.85. The molecular weight excluding hydrogens is 354 g/mol. The van der Waals surface area contributed by atoms with Gasteiger partial charge in [0, 0.05) is 0 Å². The van der Waals surface area contributed by atoms with Crippen molar-refractivity contribution in [1.82, 2.24) is 9.78 Å². The van der Waals surface area contributed by atoms with E-state index in [2.05, 4.69) is 15.3 Å². The van der Waals surface area contributed by atoms with E-state index in [0.29, 0.717) is 17.1 Å². The number of hydrogen-bond donors (Lipinski definition) is 2. The first kappa shape index (κ1) is 17.8. The molecule has 0 unspecified atom stereocenters. The summed E-state index contributed by atoms with van der Waals surface area (Å²) in [6.45, 7) is 3.69. The zero-order valence-corrected chi connectivity index (χ0v) is 15.0. The molecule has 0 atom stereocenters. The highest BCUT2D eigenvalue weighted by molar-refractivity contribution is 7.89. The molecule has 3 rings (SSSR count). The van der Waals surface area contributed by atoms with Gasteiger partial charge in [0.25, 0.3) is 5.56 Å². The molecule has 0 saturated carbocycles. The molecule has 0 radical (unpaired) electrons. The van der Waals surface area contributed by atoms with Gasteiger partial charge in [-0.15, -0.1) is 5.11 Å². The van der Waals surface area contributed by atoms with Crippen LogP contribution in [0.3, 0.4) is 0 Å². The Morgan fingerprint density at radius 3 is 2.15 bits per heavy atom. The smallest absolute Gasteiger partial charge is 0.293 e. The van der Waals surface area contributed by atoms with Crippen molar-refractivity contribution in [3.05, 3.63) is 70.1 Å². The lowest BCUT2D eigenvalue weighted by Crippen LogP contribution is -2.13. The summed E-state index contributed by atoms with van der Waals surface area (Å²) in [5, 5.41) is 16.0. The van der Waals surface area contributed by atoms with Crippen LogP contribution >= 0.6 is 0 Å². The highest BCUT2D eigenvalue weighted by Crippen LogP contribution is 2.20. The molecule has 0 bridgehead atoms. The van der Waals surface area contributed by atoms with Gasteiger partial charge in [0.15, 0.2) is 5.69 Å². The second kappa shape index (κ2) is 6.70. The molecule has 9 heteroatoms. The molecule has 0 saturated heterocycles. The highest BCUT2D eigenvalue weighted by atomic mass is 32.2. The minimum atomic E-state index is -3.76. The fourth-order valence-corrected chi connectivity index (χ4v) is 2.86. The van der Waals surface area contributed by atoms with Crippen LogP contribution in [0.2, 0.25) is 0 Å². The standard InChI is InChI=1S/C17H17N5O3S/c1-11-3-7-14(8-4-11)22-17(23)16(12(2)21-22)20-19-13-5-9-15(10-6-13)26(18,24)25/h3-10,21H,1-2H3,(H2,18,24,25). The molecule has 2 aromatic carbocycles. The summed E-state index contributed by atoms with van der Waals surface area (Å²) in [6, 6.07) is 13.1. The van der Waals surface area contributed by atoms with Crippen molar-refractivity contribution >= 4 is 21.4 Å². The number of nitrogens with zero attached hydrogens (tertiary/aromatic N) is 3. The monoisotopic (exact) mass is 371 g/mol. The van der Waals surface area contributed by atoms with E-state index in [0.717, 1.165) is 5.56 Å². The van der Waals surface area contributed by atoms with E-state index in [1.807, 2.05) is 31.2 Å². The van der Waals surface area contributed by atoms with Crippen LogP contribution in [-0.4, -0.2) is 18.2 Å². The van der Waals surface area contributed by atoms with E-state index in [9.17, 15) is 13.2 Å². The summed E-state index contributed by atoms with van der Waals surface area (Å²) in [6.07, 6.45) is 0. The number of aromatic nitrogens is 2. The fourth-order valence-electron chi connectivity index (χ4n) is 2.34. The van der Waals surface area contributed by atoms with Crippen molar-refractivity contribution in [2.45, 2.75) is 18.7 Å². The first-order chi connectivity index (χ1) is 12.3. The SMILES string of the molecule is Cc1ccc(-n2[nH]c(C)c(N=Nc3ccc(S(N)(=O)=O)cc3)c2=O)cc1. The molecule has 1 heterocycles. The van der Waals surface area contributed by atoms with Crippen LogP contribution in [0, 0.1) is 13.8 Å². The molecule has 0 aliphatic rings. The molecule has 3 aromatic rings. The Morgan fingerprint density at radius 1 is 0.962 bits per heavy atom. The van der Waals surface area contributed by atoms with Gasteiger partial charge in [-0.25, -0.2) is 18.2 Å². The van der Waals surface area contributed by atoms with Gasteiger partial charge in [-0.3, -0.25) is 9.89 Å². The molecule has 26 heavy (non-hydrogen) atoms.